The number of anilines is 2. The highest BCUT2D eigenvalue weighted by Crippen LogP contribution is 2.35. The Morgan fingerprint density at radius 1 is 1.37 bits per heavy atom. The van der Waals surface area contributed by atoms with Crippen molar-refractivity contribution in [3.05, 3.63) is 65.0 Å². The summed E-state index contributed by atoms with van der Waals surface area (Å²) in [5.74, 6) is -0.367. The van der Waals surface area contributed by atoms with E-state index in [1.54, 1.807) is 43.5 Å². The van der Waals surface area contributed by atoms with E-state index >= 15 is 4.39 Å². The van der Waals surface area contributed by atoms with Gasteiger partial charge in [0.2, 0.25) is 0 Å². The Labute approximate surface area is 178 Å². The predicted octanol–water partition coefficient (Wildman–Crippen LogP) is 4.64. The quantitative estimate of drug-likeness (QED) is 0.547. The molecule has 7 nitrogen and oxygen atoms in total. The van der Waals surface area contributed by atoms with E-state index in [1.807, 2.05) is 0 Å². The molecule has 0 aliphatic rings. The van der Waals surface area contributed by atoms with Gasteiger partial charge in [-0.2, -0.15) is 0 Å². The normalized spacial score (nSPS) is 10.6. The molecule has 0 atom stereocenters. The molecule has 30 heavy (non-hydrogen) atoms. The summed E-state index contributed by atoms with van der Waals surface area (Å²) in [7, 11) is 4.58. The summed E-state index contributed by atoms with van der Waals surface area (Å²) in [5.41, 5.74) is 0.569. The van der Waals surface area contributed by atoms with Gasteiger partial charge in [0.25, 0.3) is 0 Å². The van der Waals surface area contributed by atoms with E-state index in [2.05, 4.69) is 21.9 Å². The van der Waals surface area contributed by atoms with Gasteiger partial charge in [-0.25, -0.2) is 19.2 Å². The summed E-state index contributed by atoms with van der Waals surface area (Å²) in [6.07, 6.45) is 2.98. The molecule has 156 valence electrons. The Morgan fingerprint density at radius 2 is 2.13 bits per heavy atom. The molecule has 0 amide bonds. The molecule has 0 aliphatic heterocycles. The van der Waals surface area contributed by atoms with Crippen LogP contribution in [0.4, 0.5) is 15.9 Å². The van der Waals surface area contributed by atoms with Gasteiger partial charge >= 0.3 is 5.97 Å². The monoisotopic (exact) mass is 430 g/mol. The molecule has 0 fully saturated rings. The second-order valence-electron chi connectivity index (χ2n) is 6.44. The number of ether oxygens (including phenoxy) is 1. The first kappa shape index (κ1) is 21.3. The van der Waals surface area contributed by atoms with E-state index in [0.717, 1.165) is 0 Å². The molecule has 3 aromatic rings. The van der Waals surface area contributed by atoms with Crippen LogP contribution in [-0.2, 0) is 11.3 Å². The van der Waals surface area contributed by atoms with Crippen LogP contribution in [0.3, 0.4) is 0 Å². The number of aromatic nitrogens is 2. The van der Waals surface area contributed by atoms with Gasteiger partial charge in [-0.1, -0.05) is 24.3 Å². The average molecular weight is 431 g/mol. The molecule has 3 rings (SSSR count). The van der Waals surface area contributed by atoms with Gasteiger partial charge in [-0.15, -0.1) is 0 Å². The number of methoxy groups -OCH3 is 1. The van der Waals surface area contributed by atoms with Crippen molar-refractivity contribution in [1.82, 2.24) is 9.97 Å². The Morgan fingerprint density at radius 3 is 2.73 bits per heavy atom. The molecule has 2 heterocycles. The number of nitrogens with zero attached hydrogens (tertiary/aromatic N) is 3. The molecule has 0 spiro atoms. The topological polar surface area (TPSA) is 80.5 Å². The van der Waals surface area contributed by atoms with E-state index in [4.69, 9.17) is 20.8 Å². The van der Waals surface area contributed by atoms with Crippen molar-refractivity contribution in [2.45, 2.75) is 6.54 Å². The fraction of sp³-hybridized carbons (Fsp3) is 0.190. The number of nitrogens with one attached hydrogen (secondary N) is 1. The highest BCUT2D eigenvalue weighted by Gasteiger charge is 2.23. The SMILES string of the molecule is C=Cc1c(NCc2ccco2)nc(-c2ccc(Cl)c(N(C)C)c2F)nc1C(=O)OC. The summed E-state index contributed by atoms with van der Waals surface area (Å²) in [6.45, 7) is 4.02. The van der Waals surface area contributed by atoms with Crippen LogP contribution in [0.1, 0.15) is 21.8 Å². The lowest BCUT2D eigenvalue weighted by molar-refractivity contribution is 0.0593. The Kier molecular flexibility index (Phi) is 6.37. The van der Waals surface area contributed by atoms with Crippen LogP contribution in [-0.4, -0.2) is 37.1 Å². The minimum absolute atomic E-state index is 0.000196. The van der Waals surface area contributed by atoms with Crippen molar-refractivity contribution >= 4 is 35.2 Å². The third kappa shape index (κ3) is 4.13. The van der Waals surface area contributed by atoms with Crippen LogP contribution in [0.25, 0.3) is 17.5 Å². The highest BCUT2D eigenvalue weighted by molar-refractivity contribution is 6.33. The molecule has 1 aromatic carbocycles. The molecule has 0 bridgehead atoms. The van der Waals surface area contributed by atoms with E-state index in [0.29, 0.717) is 11.3 Å². The van der Waals surface area contributed by atoms with Crippen LogP contribution in [0.2, 0.25) is 5.02 Å². The first-order valence-corrected chi connectivity index (χ1v) is 9.29. The Bertz CT molecular complexity index is 1080. The summed E-state index contributed by atoms with van der Waals surface area (Å²) < 4.78 is 25.4. The first-order valence-electron chi connectivity index (χ1n) is 8.92. The molecular weight excluding hydrogens is 411 g/mol. The maximum atomic E-state index is 15.2. The third-order valence-corrected chi connectivity index (χ3v) is 4.60. The number of esters is 1. The van der Waals surface area contributed by atoms with Crippen LogP contribution in [0.5, 0.6) is 0 Å². The van der Waals surface area contributed by atoms with E-state index in [1.165, 1.54) is 19.3 Å². The molecule has 9 heteroatoms. The molecule has 2 aromatic heterocycles. The number of benzene rings is 1. The third-order valence-electron chi connectivity index (χ3n) is 4.29. The molecule has 0 saturated carbocycles. The van der Waals surface area contributed by atoms with Gasteiger partial charge < -0.3 is 19.4 Å². The number of rotatable bonds is 7. The number of carbonyl (C=O) groups excluding carboxylic acids is 1. The van der Waals surface area contributed by atoms with Gasteiger partial charge in [0.05, 0.1) is 36.2 Å². The Hall–Kier alpha value is -3.39. The zero-order chi connectivity index (χ0) is 21.8. The zero-order valence-corrected chi connectivity index (χ0v) is 17.5. The number of furan rings is 1. The minimum atomic E-state index is -0.697. The maximum absolute atomic E-state index is 15.2. The number of hydrogen-bond donors (Lipinski definition) is 1. The molecule has 0 aliphatic carbocycles. The van der Waals surface area contributed by atoms with E-state index < -0.39 is 11.8 Å². The fourth-order valence-corrected chi connectivity index (χ4v) is 3.19. The average Bonchev–Trinajstić information content (AvgIpc) is 3.24. The lowest BCUT2D eigenvalue weighted by atomic mass is 10.1. The Balaban J connectivity index is 2.17. The molecule has 0 radical (unpaired) electrons. The summed E-state index contributed by atoms with van der Waals surface area (Å²) in [4.78, 5) is 22.6. The van der Waals surface area contributed by atoms with Crippen molar-refractivity contribution in [3.8, 4) is 11.4 Å². The van der Waals surface area contributed by atoms with Gasteiger partial charge in [-0.05, 0) is 24.3 Å². The van der Waals surface area contributed by atoms with Gasteiger partial charge in [-0.3, -0.25) is 0 Å². The smallest absolute Gasteiger partial charge is 0.357 e. The second kappa shape index (κ2) is 8.96. The number of carbonyl (C=O) groups is 1. The van der Waals surface area contributed by atoms with E-state index in [9.17, 15) is 4.79 Å². The summed E-state index contributed by atoms with van der Waals surface area (Å²) in [6, 6.07) is 6.55. The van der Waals surface area contributed by atoms with Crippen molar-refractivity contribution in [3.63, 3.8) is 0 Å². The minimum Gasteiger partial charge on any atom is -0.467 e. The van der Waals surface area contributed by atoms with Gasteiger partial charge in [0.15, 0.2) is 17.3 Å². The lowest BCUT2D eigenvalue weighted by Crippen LogP contribution is -2.15. The number of hydrogen-bond acceptors (Lipinski definition) is 7. The fourth-order valence-electron chi connectivity index (χ4n) is 2.88. The van der Waals surface area contributed by atoms with Crippen molar-refractivity contribution in [2.75, 3.05) is 31.4 Å². The van der Waals surface area contributed by atoms with Gasteiger partial charge in [0.1, 0.15) is 11.6 Å². The molecule has 0 saturated heterocycles. The zero-order valence-electron chi connectivity index (χ0n) is 16.7. The lowest BCUT2D eigenvalue weighted by Gasteiger charge is -2.18. The molecule has 0 unspecified atom stereocenters. The largest absolute Gasteiger partial charge is 0.467 e. The standard InChI is InChI=1S/C21H20ClFN4O3/c1-5-13-17(21(28)29-4)25-20(26-19(13)24-11-12-7-6-10-30-12)14-8-9-15(22)18(16(14)23)27(2)3/h5-10H,1,11H2,2-4H3,(H,24,25,26). The van der Waals surface area contributed by atoms with Crippen molar-refractivity contribution in [2.24, 2.45) is 0 Å². The van der Waals surface area contributed by atoms with Crippen LogP contribution >= 0.6 is 11.6 Å². The maximum Gasteiger partial charge on any atom is 0.357 e. The first-order chi connectivity index (χ1) is 14.4. The number of halogens is 2. The van der Waals surface area contributed by atoms with Crippen LogP contribution in [0, 0.1) is 5.82 Å². The van der Waals surface area contributed by atoms with Gasteiger partial charge in [0, 0.05) is 19.7 Å². The van der Waals surface area contributed by atoms with Crippen LogP contribution < -0.4 is 10.2 Å². The van der Waals surface area contributed by atoms with Crippen molar-refractivity contribution in [1.29, 1.82) is 0 Å². The molecular formula is C21H20ClFN4O3. The molecule has 1 N–H and O–H groups in total. The highest BCUT2D eigenvalue weighted by atomic mass is 35.5. The summed E-state index contributed by atoms with van der Waals surface area (Å²) in [5, 5.41) is 3.33. The summed E-state index contributed by atoms with van der Waals surface area (Å²) >= 11 is 6.14. The van der Waals surface area contributed by atoms with Crippen LogP contribution in [0.15, 0.2) is 41.5 Å². The second-order valence-corrected chi connectivity index (χ2v) is 6.85. The van der Waals surface area contributed by atoms with E-state index in [-0.39, 0.29) is 40.2 Å². The predicted molar refractivity (Wildman–Crippen MR) is 114 cm³/mol. The van der Waals surface area contributed by atoms with Crippen molar-refractivity contribution < 1.29 is 18.3 Å².